The first-order valence-corrected chi connectivity index (χ1v) is 7.75. The van der Waals surface area contributed by atoms with Crippen molar-refractivity contribution < 1.29 is 0 Å². The van der Waals surface area contributed by atoms with E-state index in [1.807, 2.05) is 29.5 Å². The van der Waals surface area contributed by atoms with Gasteiger partial charge in [-0.05, 0) is 54.5 Å². The van der Waals surface area contributed by atoms with E-state index in [1.54, 1.807) is 0 Å². The Hall–Kier alpha value is -2.01. The number of benzene rings is 1. The minimum Gasteiger partial charge on any atom is -0.399 e. The lowest BCUT2D eigenvalue weighted by molar-refractivity contribution is 0.605. The molecule has 1 aromatic carbocycles. The van der Waals surface area contributed by atoms with Gasteiger partial charge in [0.2, 0.25) is 5.95 Å². The van der Waals surface area contributed by atoms with Gasteiger partial charge < -0.3 is 16.0 Å². The molecule has 4 nitrogen and oxygen atoms in total. The summed E-state index contributed by atoms with van der Waals surface area (Å²) in [5, 5.41) is 5.72. The molecule has 1 aliphatic carbocycles. The predicted molar refractivity (Wildman–Crippen MR) is 84.1 cm³/mol. The molecule has 2 heterocycles. The Balaban J connectivity index is 1.65. The minimum absolute atomic E-state index is 0.364. The number of hydrogen-bond acceptors (Lipinski definition) is 4. The molecule has 1 aliphatic rings. The molecule has 102 valence electrons. The molecular weight excluding hydrogens is 268 g/mol. The van der Waals surface area contributed by atoms with E-state index in [4.69, 9.17) is 5.73 Å². The zero-order valence-corrected chi connectivity index (χ0v) is 11.8. The molecule has 1 atom stereocenters. The third kappa shape index (κ3) is 1.94. The molecule has 0 bridgehead atoms. The van der Waals surface area contributed by atoms with E-state index in [1.165, 1.54) is 23.3 Å². The van der Waals surface area contributed by atoms with Crippen molar-refractivity contribution in [3.05, 3.63) is 40.1 Å². The number of thiophene rings is 1. The van der Waals surface area contributed by atoms with E-state index >= 15 is 0 Å². The Morgan fingerprint density at radius 2 is 2.30 bits per heavy atom. The normalized spacial score (nSPS) is 18.1. The third-order valence-corrected chi connectivity index (χ3v) is 4.87. The van der Waals surface area contributed by atoms with Crippen LogP contribution in [0.3, 0.4) is 0 Å². The van der Waals surface area contributed by atoms with E-state index in [9.17, 15) is 0 Å². The summed E-state index contributed by atoms with van der Waals surface area (Å²) in [5.41, 5.74) is 9.91. The highest BCUT2D eigenvalue weighted by atomic mass is 32.1. The maximum Gasteiger partial charge on any atom is 0.201 e. The number of rotatable bonds is 2. The number of fused-ring (bicyclic) bond motifs is 2. The number of nitrogens with two attached hydrogens (primary N) is 1. The molecular formula is C15H16N4S. The maximum atomic E-state index is 5.80. The van der Waals surface area contributed by atoms with Gasteiger partial charge in [-0.25, -0.2) is 4.98 Å². The van der Waals surface area contributed by atoms with Crippen molar-refractivity contribution in [2.45, 2.75) is 25.3 Å². The Morgan fingerprint density at radius 3 is 3.25 bits per heavy atom. The number of nitrogens with one attached hydrogen (secondary N) is 2. The van der Waals surface area contributed by atoms with Crippen LogP contribution < -0.4 is 11.1 Å². The van der Waals surface area contributed by atoms with Gasteiger partial charge in [-0.15, -0.1) is 11.3 Å². The van der Waals surface area contributed by atoms with Gasteiger partial charge in [0, 0.05) is 10.6 Å². The van der Waals surface area contributed by atoms with Crippen LogP contribution in [0.15, 0.2) is 29.6 Å². The van der Waals surface area contributed by atoms with Gasteiger partial charge >= 0.3 is 0 Å². The topological polar surface area (TPSA) is 66.7 Å². The fraction of sp³-hybridized carbons (Fsp3) is 0.267. The first kappa shape index (κ1) is 11.8. The van der Waals surface area contributed by atoms with Gasteiger partial charge in [0.05, 0.1) is 17.1 Å². The molecule has 0 amide bonds. The number of nitrogens with zero attached hydrogens (tertiary/aromatic N) is 1. The molecule has 0 radical (unpaired) electrons. The second-order valence-corrected chi connectivity index (χ2v) is 6.25. The number of H-pyrrole nitrogens is 1. The lowest BCUT2D eigenvalue weighted by Gasteiger charge is -2.23. The summed E-state index contributed by atoms with van der Waals surface area (Å²) < 4.78 is 0. The first-order valence-electron chi connectivity index (χ1n) is 6.87. The molecule has 1 unspecified atom stereocenters. The fourth-order valence-electron chi connectivity index (χ4n) is 2.90. The third-order valence-electron chi connectivity index (χ3n) is 3.87. The summed E-state index contributed by atoms with van der Waals surface area (Å²) in [6.07, 6.45) is 3.60. The average molecular weight is 284 g/mol. The first-order chi connectivity index (χ1) is 9.79. The predicted octanol–water partition coefficient (Wildman–Crippen LogP) is 3.70. The summed E-state index contributed by atoms with van der Waals surface area (Å²) in [7, 11) is 0. The highest BCUT2D eigenvalue weighted by molar-refractivity contribution is 7.10. The van der Waals surface area contributed by atoms with Crippen LogP contribution in [-0.2, 0) is 6.42 Å². The van der Waals surface area contributed by atoms with Crippen LogP contribution in [0, 0.1) is 0 Å². The molecule has 5 heteroatoms. The van der Waals surface area contributed by atoms with Crippen molar-refractivity contribution in [1.82, 2.24) is 9.97 Å². The molecule has 4 rings (SSSR count). The Labute approximate surface area is 121 Å². The number of aryl methyl sites for hydroxylation is 1. The lowest BCUT2D eigenvalue weighted by Crippen LogP contribution is -2.16. The van der Waals surface area contributed by atoms with Crippen LogP contribution in [0.1, 0.15) is 29.3 Å². The molecule has 20 heavy (non-hydrogen) atoms. The Morgan fingerprint density at radius 1 is 1.35 bits per heavy atom. The van der Waals surface area contributed by atoms with Crippen LogP contribution in [0.25, 0.3) is 11.0 Å². The summed E-state index contributed by atoms with van der Waals surface area (Å²) in [4.78, 5) is 9.40. The molecule has 2 aromatic heterocycles. The largest absolute Gasteiger partial charge is 0.399 e. The summed E-state index contributed by atoms with van der Waals surface area (Å²) in [5.74, 6) is 0.828. The zero-order valence-electron chi connectivity index (χ0n) is 11.0. The van der Waals surface area contributed by atoms with Crippen molar-refractivity contribution in [2.75, 3.05) is 11.1 Å². The number of aromatic nitrogens is 2. The van der Waals surface area contributed by atoms with Crippen molar-refractivity contribution in [3.63, 3.8) is 0 Å². The van der Waals surface area contributed by atoms with Crippen molar-refractivity contribution in [1.29, 1.82) is 0 Å². The smallest absolute Gasteiger partial charge is 0.201 e. The second-order valence-electron chi connectivity index (χ2n) is 5.25. The van der Waals surface area contributed by atoms with E-state index < -0.39 is 0 Å². The maximum absolute atomic E-state index is 5.80. The van der Waals surface area contributed by atoms with Gasteiger partial charge in [0.25, 0.3) is 0 Å². The number of imidazole rings is 1. The molecule has 3 aromatic rings. The van der Waals surface area contributed by atoms with Gasteiger partial charge in [-0.2, -0.15) is 0 Å². The zero-order chi connectivity index (χ0) is 13.5. The van der Waals surface area contributed by atoms with Crippen molar-refractivity contribution in [3.8, 4) is 0 Å². The SMILES string of the molecule is Nc1ccc2nc(NC3CCCc4sccc43)[nH]c2c1. The van der Waals surface area contributed by atoms with E-state index in [0.29, 0.717) is 6.04 Å². The van der Waals surface area contributed by atoms with Gasteiger partial charge in [0.1, 0.15) is 0 Å². The summed E-state index contributed by atoms with van der Waals surface area (Å²) in [6.45, 7) is 0. The van der Waals surface area contributed by atoms with Gasteiger partial charge in [-0.3, -0.25) is 0 Å². The molecule has 0 fully saturated rings. The molecule has 4 N–H and O–H groups in total. The van der Waals surface area contributed by atoms with Crippen LogP contribution in [0.2, 0.25) is 0 Å². The van der Waals surface area contributed by atoms with Crippen LogP contribution >= 0.6 is 11.3 Å². The fourth-order valence-corrected chi connectivity index (χ4v) is 3.88. The number of nitrogen functional groups attached to an aromatic ring is 1. The lowest BCUT2D eigenvalue weighted by atomic mass is 9.94. The summed E-state index contributed by atoms with van der Waals surface area (Å²) in [6, 6.07) is 8.35. The Bertz CT molecular complexity index is 758. The number of aromatic amines is 1. The van der Waals surface area contributed by atoms with Crippen molar-refractivity contribution >= 4 is 34.0 Å². The van der Waals surface area contributed by atoms with E-state index in [0.717, 1.165) is 29.1 Å². The van der Waals surface area contributed by atoms with Gasteiger partial charge in [0.15, 0.2) is 0 Å². The monoisotopic (exact) mass is 284 g/mol. The summed E-state index contributed by atoms with van der Waals surface area (Å²) >= 11 is 1.86. The highest BCUT2D eigenvalue weighted by Crippen LogP contribution is 2.35. The highest BCUT2D eigenvalue weighted by Gasteiger charge is 2.21. The average Bonchev–Trinajstić information content (AvgIpc) is 3.04. The van der Waals surface area contributed by atoms with Gasteiger partial charge in [-0.1, -0.05) is 0 Å². The second kappa shape index (κ2) is 4.52. The standard InChI is InChI=1S/C15H16N4S/c16-9-4-5-12-13(8-9)19-15(18-12)17-11-2-1-3-14-10(11)6-7-20-14/h4-8,11H,1-3,16H2,(H2,17,18,19). The number of hydrogen-bond donors (Lipinski definition) is 3. The van der Waals surface area contributed by atoms with Crippen molar-refractivity contribution in [2.24, 2.45) is 0 Å². The quantitative estimate of drug-likeness (QED) is 0.629. The molecule has 0 aliphatic heterocycles. The van der Waals surface area contributed by atoms with Crippen LogP contribution in [-0.4, -0.2) is 9.97 Å². The number of anilines is 2. The molecule has 0 spiro atoms. The minimum atomic E-state index is 0.364. The molecule has 0 saturated heterocycles. The molecule has 0 saturated carbocycles. The van der Waals surface area contributed by atoms with E-state index in [2.05, 4.69) is 26.7 Å². The van der Waals surface area contributed by atoms with E-state index in [-0.39, 0.29) is 0 Å². The van der Waals surface area contributed by atoms with Crippen LogP contribution in [0.5, 0.6) is 0 Å². The Kier molecular flexibility index (Phi) is 2.67. The van der Waals surface area contributed by atoms with Crippen LogP contribution in [0.4, 0.5) is 11.6 Å².